The Labute approximate surface area is 91.8 Å². The third-order valence-corrected chi connectivity index (χ3v) is 2.82. The third kappa shape index (κ3) is 5.14. The summed E-state index contributed by atoms with van der Waals surface area (Å²) >= 11 is 0. The van der Waals surface area contributed by atoms with Gasteiger partial charge in [-0.1, -0.05) is 0 Å². The number of hydrogen-bond donors (Lipinski definition) is 2. The molecule has 0 radical (unpaired) electrons. The Morgan fingerprint density at radius 3 is 3.00 bits per heavy atom. The first-order valence-electron chi connectivity index (χ1n) is 5.78. The van der Waals surface area contributed by atoms with Crippen molar-refractivity contribution in [1.29, 1.82) is 0 Å². The van der Waals surface area contributed by atoms with E-state index in [4.69, 9.17) is 4.74 Å². The number of nitrogens with one attached hydrogen (secondary N) is 2. The van der Waals surface area contributed by atoms with Gasteiger partial charge in [-0.15, -0.1) is 0 Å². The predicted molar refractivity (Wildman–Crippen MR) is 59.7 cm³/mol. The monoisotopic (exact) mass is 214 g/mol. The molecule has 2 N–H and O–H groups in total. The minimum Gasteiger partial charge on any atom is -0.378 e. The number of carbonyl (C=O) groups is 1. The van der Waals surface area contributed by atoms with Crippen LogP contribution in [-0.4, -0.2) is 38.3 Å². The van der Waals surface area contributed by atoms with Gasteiger partial charge in [-0.3, -0.25) is 4.79 Å². The van der Waals surface area contributed by atoms with E-state index in [0.29, 0.717) is 25.1 Å². The molecule has 0 saturated carbocycles. The molecule has 2 atom stereocenters. The Morgan fingerprint density at radius 2 is 2.40 bits per heavy atom. The van der Waals surface area contributed by atoms with Crippen molar-refractivity contribution in [3.63, 3.8) is 0 Å². The molecule has 0 aromatic carbocycles. The molecule has 0 aromatic rings. The quantitative estimate of drug-likeness (QED) is 0.683. The molecule has 1 amide bonds. The number of likely N-dealkylation sites (N-methyl/N-ethyl adjacent to an activating group) is 1. The van der Waals surface area contributed by atoms with Crippen LogP contribution in [0.3, 0.4) is 0 Å². The lowest BCUT2D eigenvalue weighted by atomic mass is 10.1. The van der Waals surface area contributed by atoms with Crippen LogP contribution in [0.15, 0.2) is 0 Å². The molecule has 0 bridgehead atoms. The summed E-state index contributed by atoms with van der Waals surface area (Å²) in [6.45, 7) is 3.60. The maximum absolute atomic E-state index is 11.4. The Bertz CT molecular complexity index is 191. The highest BCUT2D eigenvalue weighted by Crippen LogP contribution is 2.16. The Kier molecular flexibility index (Phi) is 5.65. The van der Waals surface area contributed by atoms with Gasteiger partial charge in [0.15, 0.2) is 0 Å². The third-order valence-electron chi connectivity index (χ3n) is 2.82. The fraction of sp³-hybridized carbons (Fsp3) is 0.909. The van der Waals surface area contributed by atoms with E-state index in [1.165, 1.54) is 0 Å². The van der Waals surface area contributed by atoms with E-state index < -0.39 is 0 Å². The van der Waals surface area contributed by atoms with Crippen LogP contribution < -0.4 is 10.6 Å². The van der Waals surface area contributed by atoms with Gasteiger partial charge in [-0.25, -0.2) is 0 Å². The second-order valence-electron chi connectivity index (χ2n) is 4.17. The van der Waals surface area contributed by atoms with E-state index in [0.717, 1.165) is 25.9 Å². The predicted octanol–water partition coefficient (Wildman–Crippen LogP) is 0.670. The first-order valence-corrected chi connectivity index (χ1v) is 5.78. The molecule has 2 unspecified atom stereocenters. The zero-order valence-corrected chi connectivity index (χ0v) is 9.71. The molecule has 0 aliphatic carbocycles. The minimum absolute atomic E-state index is 0.132. The fourth-order valence-corrected chi connectivity index (χ4v) is 1.62. The smallest absolute Gasteiger partial charge is 0.220 e. The molecule has 4 heteroatoms. The lowest BCUT2D eigenvalue weighted by Crippen LogP contribution is -2.37. The molecule has 88 valence electrons. The van der Waals surface area contributed by atoms with Gasteiger partial charge in [0.2, 0.25) is 5.91 Å². The van der Waals surface area contributed by atoms with Crippen LogP contribution in [0.25, 0.3) is 0 Å². The standard InChI is InChI=1S/C11H22N2O2/c1-9(12-2)8-13-11(14)6-5-10-4-3-7-15-10/h9-10,12H,3-8H2,1-2H3,(H,13,14). The zero-order chi connectivity index (χ0) is 11.1. The van der Waals surface area contributed by atoms with Gasteiger partial charge in [-0.2, -0.15) is 0 Å². The average Bonchev–Trinajstić information content (AvgIpc) is 2.75. The summed E-state index contributed by atoms with van der Waals surface area (Å²) in [5.41, 5.74) is 0. The Morgan fingerprint density at radius 1 is 1.60 bits per heavy atom. The van der Waals surface area contributed by atoms with Crippen molar-refractivity contribution in [3.05, 3.63) is 0 Å². The molecule has 0 spiro atoms. The van der Waals surface area contributed by atoms with E-state index >= 15 is 0 Å². The summed E-state index contributed by atoms with van der Waals surface area (Å²) in [7, 11) is 1.89. The van der Waals surface area contributed by atoms with Crippen molar-refractivity contribution in [2.45, 2.75) is 44.8 Å². The lowest BCUT2D eigenvalue weighted by molar-refractivity contribution is -0.121. The van der Waals surface area contributed by atoms with E-state index in [2.05, 4.69) is 10.6 Å². The number of carbonyl (C=O) groups excluding carboxylic acids is 1. The second kappa shape index (κ2) is 6.80. The number of ether oxygens (including phenoxy) is 1. The number of amides is 1. The largest absolute Gasteiger partial charge is 0.378 e. The van der Waals surface area contributed by atoms with Crippen LogP contribution in [0.4, 0.5) is 0 Å². The molecule has 1 saturated heterocycles. The first-order chi connectivity index (χ1) is 7.22. The van der Waals surface area contributed by atoms with Gasteiger partial charge in [0.05, 0.1) is 6.10 Å². The number of hydrogen-bond acceptors (Lipinski definition) is 3. The summed E-state index contributed by atoms with van der Waals surface area (Å²) < 4.78 is 5.46. The molecular formula is C11H22N2O2. The van der Waals surface area contributed by atoms with Crippen molar-refractivity contribution in [1.82, 2.24) is 10.6 Å². The van der Waals surface area contributed by atoms with Crippen LogP contribution in [-0.2, 0) is 9.53 Å². The van der Waals surface area contributed by atoms with Crippen LogP contribution in [0.5, 0.6) is 0 Å². The highest BCUT2D eigenvalue weighted by Gasteiger charge is 2.16. The molecule has 0 aromatic heterocycles. The normalized spacial score (nSPS) is 22.7. The van der Waals surface area contributed by atoms with Crippen molar-refractivity contribution < 1.29 is 9.53 Å². The fourth-order valence-electron chi connectivity index (χ4n) is 1.62. The van der Waals surface area contributed by atoms with Crippen LogP contribution in [0.2, 0.25) is 0 Å². The van der Waals surface area contributed by atoms with E-state index in [9.17, 15) is 4.79 Å². The second-order valence-corrected chi connectivity index (χ2v) is 4.17. The van der Waals surface area contributed by atoms with E-state index in [1.54, 1.807) is 0 Å². The highest BCUT2D eigenvalue weighted by atomic mass is 16.5. The van der Waals surface area contributed by atoms with Crippen molar-refractivity contribution in [2.75, 3.05) is 20.2 Å². The molecule has 1 rings (SSSR count). The molecule has 4 nitrogen and oxygen atoms in total. The van der Waals surface area contributed by atoms with Crippen molar-refractivity contribution in [3.8, 4) is 0 Å². The average molecular weight is 214 g/mol. The highest BCUT2D eigenvalue weighted by molar-refractivity contribution is 5.75. The maximum Gasteiger partial charge on any atom is 0.220 e. The molecular weight excluding hydrogens is 192 g/mol. The Hall–Kier alpha value is -0.610. The van der Waals surface area contributed by atoms with Crippen LogP contribution in [0, 0.1) is 0 Å². The van der Waals surface area contributed by atoms with Gasteiger partial charge < -0.3 is 15.4 Å². The molecule has 1 aliphatic heterocycles. The van der Waals surface area contributed by atoms with Gasteiger partial charge >= 0.3 is 0 Å². The lowest BCUT2D eigenvalue weighted by Gasteiger charge is -2.12. The summed E-state index contributed by atoms with van der Waals surface area (Å²) in [4.78, 5) is 11.4. The van der Waals surface area contributed by atoms with Gasteiger partial charge in [-0.05, 0) is 33.2 Å². The van der Waals surface area contributed by atoms with Crippen LogP contribution >= 0.6 is 0 Å². The topological polar surface area (TPSA) is 50.4 Å². The van der Waals surface area contributed by atoms with Gasteiger partial charge in [0, 0.05) is 25.6 Å². The first kappa shape index (κ1) is 12.5. The van der Waals surface area contributed by atoms with Crippen molar-refractivity contribution >= 4 is 5.91 Å². The van der Waals surface area contributed by atoms with E-state index in [-0.39, 0.29) is 5.91 Å². The summed E-state index contributed by atoms with van der Waals surface area (Å²) in [5.74, 6) is 0.132. The SMILES string of the molecule is CNC(C)CNC(=O)CCC1CCCO1. The maximum atomic E-state index is 11.4. The van der Waals surface area contributed by atoms with E-state index in [1.807, 2.05) is 14.0 Å². The Balaban J connectivity index is 2.02. The molecule has 1 fully saturated rings. The summed E-state index contributed by atoms with van der Waals surface area (Å²) in [6.07, 6.45) is 4.02. The molecule has 15 heavy (non-hydrogen) atoms. The minimum atomic E-state index is 0.132. The van der Waals surface area contributed by atoms with Gasteiger partial charge in [0.25, 0.3) is 0 Å². The van der Waals surface area contributed by atoms with Crippen molar-refractivity contribution in [2.24, 2.45) is 0 Å². The molecule has 1 aliphatic rings. The summed E-state index contributed by atoms with van der Waals surface area (Å²) in [6, 6.07) is 0.330. The zero-order valence-electron chi connectivity index (χ0n) is 9.71. The molecule has 1 heterocycles. The number of rotatable bonds is 6. The summed E-state index contributed by atoms with van der Waals surface area (Å²) in [5, 5.41) is 5.98. The van der Waals surface area contributed by atoms with Gasteiger partial charge in [0.1, 0.15) is 0 Å². The van der Waals surface area contributed by atoms with Crippen LogP contribution in [0.1, 0.15) is 32.6 Å².